The molecule has 1 nitrogen and oxygen atoms in total. The minimum atomic E-state index is -0.191. The van der Waals surface area contributed by atoms with Crippen LogP contribution >= 0.6 is 11.8 Å². The molecule has 0 amide bonds. The van der Waals surface area contributed by atoms with Crippen molar-refractivity contribution in [3.8, 4) is 0 Å². The molecule has 1 unspecified atom stereocenters. The highest BCUT2D eigenvalue weighted by Gasteiger charge is 2.37. The molecular formula is C16H22OS. The summed E-state index contributed by atoms with van der Waals surface area (Å²) < 4.78 is -0.191. The molecule has 1 aromatic rings. The number of hydrogen-bond acceptors (Lipinski definition) is 2. The second-order valence-corrected chi connectivity index (χ2v) is 7.94. The van der Waals surface area contributed by atoms with Gasteiger partial charge in [0.1, 0.15) is 0 Å². The maximum Gasteiger partial charge on any atom is 0.178 e. The van der Waals surface area contributed by atoms with Gasteiger partial charge in [0.15, 0.2) is 5.78 Å². The van der Waals surface area contributed by atoms with Crippen molar-refractivity contribution < 1.29 is 4.79 Å². The van der Waals surface area contributed by atoms with Gasteiger partial charge in [-0.05, 0) is 36.5 Å². The number of Topliss-reactive ketones (excluding diaryl/α,β-unsaturated/α-hetero) is 1. The van der Waals surface area contributed by atoms with E-state index in [-0.39, 0.29) is 10.2 Å². The van der Waals surface area contributed by atoms with E-state index in [0.717, 1.165) is 24.2 Å². The van der Waals surface area contributed by atoms with Crippen LogP contribution in [0.2, 0.25) is 0 Å². The van der Waals surface area contributed by atoms with Crippen molar-refractivity contribution in [2.75, 3.05) is 5.75 Å². The fraction of sp³-hybridized carbons (Fsp3) is 0.562. The molecule has 1 saturated heterocycles. The predicted molar refractivity (Wildman–Crippen MR) is 79.6 cm³/mol. The molecule has 1 fully saturated rings. The van der Waals surface area contributed by atoms with E-state index in [1.807, 2.05) is 23.9 Å². The second kappa shape index (κ2) is 4.73. The number of hydrogen-bond donors (Lipinski definition) is 0. The van der Waals surface area contributed by atoms with E-state index < -0.39 is 0 Å². The zero-order chi connectivity index (χ0) is 13.4. The van der Waals surface area contributed by atoms with Crippen LogP contribution in [0.5, 0.6) is 0 Å². The Morgan fingerprint density at radius 1 is 1.22 bits per heavy atom. The average Bonchev–Trinajstić information content (AvgIpc) is 2.75. The van der Waals surface area contributed by atoms with Gasteiger partial charge in [-0.1, -0.05) is 45.0 Å². The molecule has 98 valence electrons. The van der Waals surface area contributed by atoms with Crippen LogP contribution in [0.3, 0.4) is 0 Å². The molecule has 0 aliphatic carbocycles. The Balaban J connectivity index is 2.22. The van der Waals surface area contributed by atoms with E-state index in [1.54, 1.807) is 0 Å². The van der Waals surface area contributed by atoms with Crippen molar-refractivity contribution in [2.45, 2.75) is 50.7 Å². The van der Waals surface area contributed by atoms with Crippen LogP contribution in [-0.2, 0) is 5.41 Å². The Bertz CT molecular complexity index is 433. The Hall–Kier alpha value is -0.760. The number of thioether (sulfide) groups is 1. The summed E-state index contributed by atoms with van der Waals surface area (Å²) in [6, 6.07) is 8.17. The molecule has 2 rings (SSSR count). The molecule has 0 radical (unpaired) electrons. The van der Waals surface area contributed by atoms with Crippen molar-refractivity contribution in [3.63, 3.8) is 0 Å². The van der Waals surface area contributed by atoms with Crippen LogP contribution in [0.4, 0.5) is 0 Å². The summed E-state index contributed by atoms with van der Waals surface area (Å²) in [6.07, 6.45) is 2.17. The van der Waals surface area contributed by atoms with Crippen LogP contribution in [0.1, 0.15) is 56.5 Å². The third-order valence-corrected chi connectivity index (χ3v) is 5.23. The van der Waals surface area contributed by atoms with Crippen LogP contribution in [0.25, 0.3) is 0 Å². The summed E-state index contributed by atoms with van der Waals surface area (Å²) in [5, 5.41) is 0. The molecule has 18 heavy (non-hydrogen) atoms. The summed E-state index contributed by atoms with van der Waals surface area (Å²) in [5.41, 5.74) is 2.29. The number of carbonyl (C=O) groups is 1. The van der Waals surface area contributed by atoms with Gasteiger partial charge in [-0.25, -0.2) is 0 Å². The number of ketones is 1. The lowest BCUT2D eigenvalue weighted by atomic mass is 9.85. The van der Waals surface area contributed by atoms with Gasteiger partial charge in [0.05, 0.1) is 4.75 Å². The quantitative estimate of drug-likeness (QED) is 0.732. The molecule has 0 bridgehead atoms. The minimum absolute atomic E-state index is 0.146. The van der Waals surface area contributed by atoms with Gasteiger partial charge in [-0.3, -0.25) is 4.79 Å². The predicted octanol–water partition coefficient (Wildman–Crippen LogP) is 4.45. The highest BCUT2D eigenvalue weighted by molar-refractivity contribution is 8.01. The highest BCUT2D eigenvalue weighted by atomic mass is 32.2. The number of rotatable bonds is 2. The summed E-state index contributed by atoms with van der Waals surface area (Å²) in [6.45, 7) is 8.67. The summed E-state index contributed by atoms with van der Waals surface area (Å²) in [5.74, 6) is 1.41. The van der Waals surface area contributed by atoms with E-state index >= 15 is 0 Å². The topological polar surface area (TPSA) is 17.1 Å². The van der Waals surface area contributed by atoms with Crippen LogP contribution < -0.4 is 0 Å². The summed E-state index contributed by atoms with van der Waals surface area (Å²) >= 11 is 1.81. The largest absolute Gasteiger partial charge is 0.293 e. The average molecular weight is 262 g/mol. The molecule has 0 N–H and O–H groups in total. The molecule has 0 saturated carbocycles. The molecule has 1 aromatic carbocycles. The van der Waals surface area contributed by atoms with Crippen molar-refractivity contribution in [1.82, 2.24) is 0 Å². The third-order valence-electron chi connectivity index (χ3n) is 3.71. The van der Waals surface area contributed by atoms with Gasteiger partial charge in [0, 0.05) is 5.56 Å². The normalized spacial score (nSPS) is 24.2. The van der Waals surface area contributed by atoms with Gasteiger partial charge < -0.3 is 0 Å². The Labute approximate surface area is 114 Å². The SMILES string of the molecule is CC1(C(=O)c2ccc(C(C)(C)C)cc2)CCCS1. The molecule has 2 heteroatoms. The number of benzene rings is 1. The summed E-state index contributed by atoms with van der Waals surface area (Å²) in [7, 11) is 0. The fourth-order valence-corrected chi connectivity index (χ4v) is 3.66. The molecule has 0 aromatic heterocycles. The monoisotopic (exact) mass is 262 g/mol. The Kier molecular flexibility index (Phi) is 3.59. The van der Waals surface area contributed by atoms with Crippen LogP contribution in [0, 0.1) is 0 Å². The van der Waals surface area contributed by atoms with E-state index in [4.69, 9.17) is 0 Å². The highest BCUT2D eigenvalue weighted by Crippen LogP contribution is 2.40. The van der Waals surface area contributed by atoms with Crippen molar-refractivity contribution in [1.29, 1.82) is 0 Å². The molecule has 1 aliphatic heterocycles. The van der Waals surface area contributed by atoms with E-state index in [1.165, 1.54) is 5.56 Å². The number of carbonyl (C=O) groups excluding carboxylic acids is 1. The maximum absolute atomic E-state index is 12.5. The summed E-state index contributed by atoms with van der Waals surface area (Å²) in [4.78, 5) is 12.5. The van der Waals surface area contributed by atoms with Gasteiger partial charge in [-0.15, -0.1) is 11.8 Å². The van der Waals surface area contributed by atoms with E-state index in [9.17, 15) is 4.79 Å². The first kappa shape index (κ1) is 13.7. The lowest BCUT2D eigenvalue weighted by molar-refractivity contribution is 0.0949. The third kappa shape index (κ3) is 2.64. The van der Waals surface area contributed by atoms with Crippen molar-refractivity contribution in [2.24, 2.45) is 0 Å². The van der Waals surface area contributed by atoms with Crippen molar-refractivity contribution >= 4 is 17.5 Å². The molecule has 0 spiro atoms. The minimum Gasteiger partial charge on any atom is -0.293 e. The zero-order valence-electron chi connectivity index (χ0n) is 11.7. The standard InChI is InChI=1S/C16H22OS/c1-15(2,3)13-8-6-12(7-9-13)14(17)16(4)10-5-11-18-16/h6-9H,5,10-11H2,1-4H3. The Morgan fingerprint density at radius 2 is 1.83 bits per heavy atom. The van der Waals surface area contributed by atoms with Crippen LogP contribution in [0.15, 0.2) is 24.3 Å². The smallest absolute Gasteiger partial charge is 0.178 e. The van der Waals surface area contributed by atoms with E-state index in [2.05, 4.69) is 39.8 Å². The molecular weight excluding hydrogens is 240 g/mol. The Morgan fingerprint density at radius 3 is 2.28 bits per heavy atom. The van der Waals surface area contributed by atoms with Gasteiger partial charge >= 0.3 is 0 Å². The fourth-order valence-electron chi connectivity index (χ4n) is 2.39. The zero-order valence-corrected chi connectivity index (χ0v) is 12.6. The lowest BCUT2D eigenvalue weighted by Crippen LogP contribution is -2.28. The first-order chi connectivity index (χ1) is 8.33. The van der Waals surface area contributed by atoms with E-state index in [0.29, 0.717) is 5.78 Å². The molecule has 1 atom stereocenters. The van der Waals surface area contributed by atoms with Crippen molar-refractivity contribution in [3.05, 3.63) is 35.4 Å². The van der Waals surface area contributed by atoms with Gasteiger partial charge in [0.25, 0.3) is 0 Å². The van der Waals surface area contributed by atoms with Crippen LogP contribution in [-0.4, -0.2) is 16.3 Å². The first-order valence-corrected chi connectivity index (χ1v) is 7.61. The van der Waals surface area contributed by atoms with Gasteiger partial charge in [-0.2, -0.15) is 0 Å². The first-order valence-electron chi connectivity index (χ1n) is 6.62. The lowest BCUT2D eigenvalue weighted by Gasteiger charge is -2.22. The second-order valence-electron chi connectivity index (χ2n) is 6.34. The molecule has 1 aliphatic rings. The van der Waals surface area contributed by atoms with Gasteiger partial charge in [0.2, 0.25) is 0 Å². The maximum atomic E-state index is 12.5. The molecule has 1 heterocycles.